The summed E-state index contributed by atoms with van der Waals surface area (Å²) in [7, 11) is 0. The molecule has 0 spiro atoms. The Morgan fingerprint density at radius 1 is 1.37 bits per heavy atom. The molecule has 4 unspecified atom stereocenters. The molecule has 4 heteroatoms. The zero-order valence-electron chi connectivity index (χ0n) is 11.9. The van der Waals surface area contributed by atoms with Crippen LogP contribution in [0.3, 0.4) is 0 Å². The molecule has 1 aliphatic heterocycles. The Bertz CT molecular complexity index is 301. The molecule has 1 rings (SSSR count). The number of aliphatic hydroxyl groups is 2. The minimum atomic E-state index is -0.806. The van der Waals surface area contributed by atoms with Crippen molar-refractivity contribution < 1.29 is 19.7 Å². The number of hydrogen-bond acceptors (Lipinski definition) is 4. The van der Waals surface area contributed by atoms with E-state index in [-0.39, 0.29) is 0 Å². The van der Waals surface area contributed by atoms with Gasteiger partial charge in [0.15, 0.2) is 0 Å². The maximum absolute atomic E-state index is 11.9. The van der Waals surface area contributed by atoms with Crippen LogP contribution < -0.4 is 0 Å². The zero-order valence-corrected chi connectivity index (χ0v) is 11.9. The Kier molecular flexibility index (Phi) is 7.10. The van der Waals surface area contributed by atoms with Gasteiger partial charge in [-0.2, -0.15) is 0 Å². The minimum absolute atomic E-state index is 0.431. The molecule has 0 aromatic heterocycles. The molecule has 0 aromatic rings. The highest BCUT2D eigenvalue weighted by molar-refractivity contribution is 5.73. The van der Waals surface area contributed by atoms with Gasteiger partial charge in [-0.05, 0) is 32.6 Å². The van der Waals surface area contributed by atoms with Crippen molar-refractivity contribution in [3.05, 3.63) is 12.2 Å². The number of hydrogen-bond donors (Lipinski definition) is 2. The van der Waals surface area contributed by atoms with E-state index in [0.29, 0.717) is 19.3 Å². The first-order chi connectivity index (χ1) is 9.06. The predicted molar refractivity (Wildman–Crippen MR) is 73.6 cm³/mol. The van der Waals surface area contributed by atoms with Crippen molar-refractivity contribution in [1.29, 1.82) is 0 Å². The zero-order chi connectivity index (χ0) is 14.3. The fourth-order valence-electron chi connectivity index (χ4n) is 2.18. The van der Waals surface area contributed by atoms with Crippen molar-refractivity contribution in [2.45, 2.75) is 70.7 Å². The van der Waals surface area contributed by atoms with E-state index in [1.807, 2.05) is 6.08 Å². The molecule has 0 aromatic carbocycles. The summed E-state index contributed by atoms with van der Waals surface area (Å²) in [6.45, 7) is 3.76. The lowest BCUT2D eigenvalue weighted by Gasteiger charge is -2.26. The van der Waals surface area contributed by atoms with Gasteiger partial charge >= 0.3 is 5.97 Å². The lowest BCUT2D eigenvalue weighted by molar-refractivity contribution is -0.163. The van der Waals surface area contributed by atoms with Crippen molar-refractivity contribution in [2.24, 2.45) is 5.92 Å². The van der Waals surface area contributed by atoms with Crippen molar-refractivity contribution in [3.63, 3.8) is 0 Å². The second-order valence-electron chi connectivity index (χ2n) is 5.32. The monoisotopic (exact) mass is 270 g/mol. The van der Waals surface area contributed by atoms with Gasteiger partial charge in [-0.1, -0.05) is 31.9 Å². The van der Waals surface area contributed by atoms with Crippen LogP contribution in [-0.4, -0.2) is 34.5 Å². The van der Waals surface area contributed by atoms with Gasteiger partial charge in [0.25, 0.3) is 0 Å². The van der Waals surface area contributed by atoms with Crippen LogP contribution in [0.2, 0.25) is 0 Å². The number of unbranched alkanes of at least 4 members (excludes halogenated alkanes) is 2. The third-order valence-electron chi connectivity index (χ3n) is 3.64. The van der Waals surface area contributed by atoms with E-state index >= 15 is 0 Å². The largest absolute Gasteiger partial charge is 0.459 e. The van der Waals surface area contributed by atoms with E-state index in [0.717, 1.165) is 19.3 Å². The highest BCUT2D eigenvalue weighted by atomic mass is 16.6. The molecule has 0 saturated heterocycles. The van der Waals surface area contributed by atoms with Gasteiger partial charge in [-0.15, -0.1) is 0 Å². The summed E-state index contributed by atoms with van der Waals surface area (Å²) in [4.78, 5) is 11.9. The number of cyclic esters (lactones) is 1. The Balaban J connectivity index is 2.67. The normalized spacial score (nSPS) is 32.9. The molecule has 1 heterocycles. The van der Waals surface area contributed by atoms with Gasteiger partial charge in [0.2, 0.25) is 0 Å². The van der Waals surface area contributed by atoms with Gasteiger partial charge in [0, 0.05) is 0 Å². The molecule has 4 atom stereocenters. The van der Waals surface area contributed by atoms with E-state index in [4.69, 9.17) is 4.74 Å². The van der Waals surface area contributed by atoms with Crippen LogP contribution in [0.4, 0.5) is 0 Å². The van der Waals surface area contributed by atoms with Crippen LogP contribution in [0.15, 0.2) is 12.2 Å². The second-order valence-corrected chi connectivity index (χ2v) is 5.32. The van der Waals surface area contributed by atoms with Gasteiger partial charge < -0.3 is 14.9 Å². The molecular weight excluding hydrogens is 244 g/mol. The maximum Gasteiger partial charge on any atom is 0.311 e. The van der Waals surface area contributed by atoms with E-state index < -0.39 is 30.2 Å². The number of allylic oxidation sites excluding steroid dienone is 1. The molecule has 0 fully saturated rings. The van der Waals surface area contributed by atoms with Crippen molar-refractivity contribution in [1.82, 2.24) is 0 Å². The highest BCUT2D eigenvalue weighted by Gasteiger charge is 2.28. The molecule has 1 aliphatic rings. The van der Waals surface area contributed by atoms with Gasteiger partial charge in [-0.3, -0.25) is 4.79 Å². The van der Waals surface area contributed by atoms with Crippen LogP contribution in [0, 0.1) is 5.92 Å². The standard InChI is InChI=1S/C15H26O4/c1-3-4-5-10-14-13(17)9-7-6-8-12(16)11(2)15(18)19-14/h6,8,11-14,16-17H,3-5,7,9-10H2,1-2H3. The van der Waals surface area contributed by atoms with Crippen LogP contribution in [0.25, 0.3) is 0 Å². The molecule has 110 valence electrons. The summed E-state index contributed by atoms with van der Waals surface area (Å²) in [5.41, 5.74) is 0. The average Bonchev–Trinajstić information content (AvgIpc) is 2.40. The summed E-state index contributed by atoms with van der Waals surface area (Å²) in [5.74, 6) is -1.02. The SMILES string of the molecule is CCCCCC1OC(=O)C(C)C(O)C=CCCC1O. The Morgan fingerprint density at radius 3 is 2.79 bits per heavy atom. The first-order valence-electron chi connectivity index (χ1n) is 7.29. The maximum atomic E-state index is 11.9. The number of rotatable bonds is 4. The lowest BCUT2D eigenvalue weighted by Crippen LogP contribution is -2.36. The van der Waals surface area contributed by atoms with Crippen molar-refractivity contribution >= 4 is 5.97 Å². The molecule has 0 bridgehead atoms. The Hall–Kier alpha value is -0.870. The van der Waals surface area contributed by atoms with E-state index in [1.54, 1.807) is 13.0 Å². The summed E-state index contributed by atoms with van der Waals surface area (Å²) < 4.78 is 5.39. The van der Waals surface area contributed by atoms with Gasteiger partial charge in [-0.25, -0.2) is 0 Å². The number of aliphatic hydroxyl groups excluding tert-OH is 2. The number of carbonyl (C=O) groups excluding carboxylic acids is 1. The summed E-state index contributed by atoms with van der Waals surface area (Å²) in [5, 5.41) is 19.9. The Morgan fingerprint density at radius 2 is 2.11 bits per heavy atom. The first-order valence-corrected chi connectivity index (χ1v) is 7.29. The fourth-order valence-corrected chi connectivity index (χ4v) is 2.18. The number of carbonyl (C=O) groups is 1. The topological polar surface area (TPSA) is 66.8 Å². The predicted octanol–water partition coefficient (Wildman–Crippen LogP) is 2.19. The van der Waals surface area contributed by atoms with Crippen molar-refractivity contribution in [3.8, 4) is 0 Å². The number of esters is 1. The fraction of sp³-hybridized carbons (Fsp3) is 0.800. The second kappa shape index (κ2) is 8.33. The Labute approximate surface area is 115 Å². The lowest BCUT2D eigenvalue weighted by atomic mass is 9.98. The smallest absolute Gasteiger partial charge is 0.311 e. The minimum Gasteiger partial charge on any atom is -0.459 e. The third kappa shape index (κ3) is 5.33. The molecule has 0 aliphatic carbocycles. The van der Waals surface area contributed by atoms with Crippen LogP contribution in [0.5, 0.6) is 0 Å². The van der Waals surface area contributed by atoms with Crippen molar-refractivity contribution in [2.75, 3.05) is 0 Å². The van der Waals surface area contributed by atoms with Gasteiger partial charge in [0.05, 0.1) is 18.1 Å². The molecule has 0 radical (unpaired) electrons. The van der Waals surface area contributed by atoms with E-state index in [1.165, 1.54) is 0 Å². The summed E-state index contributed by atoms with van der Waals surface area (Å²) in [6, 6.07) is 0. The molecule has 0 saturated carbocycles. The molecule has 2 N–H and O–H groups in total. The molecule has 19 heavy (non-hydrogen) atoms. The summed E-state index contributed by atoms with van der Waals surface area (Å²) in [6.07, 6.45) is 6.60. The van der Waals surface area contributed by atoms with E-state index in [9.17, 15) is 15.0 Å². The quantitative estimate of drug-likeness (QED) is 0.467. The number of ether oxygens (including phenoxy) is 1. The third-order valence-corrected chi connectivity index (χ3v) is 3.64. The van der Waals surface area contributed by atoms with Gasteiger partial charge in [0.1, 0.15) is 6.10 Å². The van der Waals surface area contributed by atoms with Crippen LogP contribution in [-0.2, 0) is 9.53 Å². The molecule has 4 nitrogen and oxygen atoms in total. The summed E-state index contributed by atoms with van der Waals surface area (Å²) >= 11 is 0. The van der Waals surface area contributed by atoms with E-state index in [2.05, 4.69) is 6.92 Å². The van der Waals surface area contributed by atoms with Crippen LogP contribution >= 0.6 is 0 Å². The first kappa shape index (κ1) is 16.2. The van der Waals surface area contributed by atoms with Crippen LogP contribution in [0.1, 0.15) is 52.4 Å². The average molecular weight is 270 g/mol. The molecular formula is C15H26O4. The molecule has 0 amide bonds. The highest BCUT2D eigenvalue weighted by Crippen LogP contribution is 2.19.